The van der Waals surface area contributed by atoms with E-state index >= 15 is 0 Å². The molecule has 0 saturated carbocycles. The quantitative estimate of drug-likeness (QED) is 0.464. The summed E-state index contributed by atoms with van der Waals surface area (Å²) >= 11 is 5.93. The molecular formula is C9H21ClSi. The fourth-order valence-electron chi connectivity index (χ4n) is 1.62. The van der Waals surface area contributed by atoms with Gasteiger partial charge in [-0.3, -0.25) is 0 Å². The van der Waals surface area contributed by atoms with E-state index in [1.165, 1.54) is 29.5 Å². The molecule has 0 aliphatic rings. The number of rotatable bonds is 5. The average molecular weight is 193 g/mol. The van der Waals surface area contributed by atoms with Gasteiger partial charge < -0.3 is 0 Å². The highest BCUT2D eigenvalue weighted by Crippen LogP contribution is 2.41. The van der Waals surface area contributed by atoms with E-state index in [0.717, 1.165) is 11.8 Å². The topological polar surface area (TPSA) is 0 Å². The second-order valence-electron chi connectivity index (χ2n) is 3.62. The lowest BCUT2D eigenvalue weighted by molar-refractivity contribution is 0.355. The first-order valence-electron chi connectivity index (χ1n) is 4.70. The predicted octanol–water partition coefficient (Wildman–Crippen LogP) is 2.60. The van der Waals surface area contributed by atoms with Crippen LogP contribution in [-0.2, 0) is 0 Å². The molecule has 0 amide bonds. The molecule has 0 rings (SSSR count). The molecule has 0 saturated heterocycles. The van der Waals surface area contributed by atoms with Crippen molar-refractivity contribution >= 4 is 21.8 Å². The molecule has 0 fully saturated rings. The third-order valence-electron chi connectivity index (χ3n) is 3.28. The Hall–Kier alpha value is 0.507. The van der Waals surface area contributed by atoms with Crippen molar-refractivity contribution in [1.29, 1.82) is 0 Å². The highest BCUT2D eigenvalue weighted by Gasteiger charge is 2.28. The maximum atomic E-state index is 5.93. The van der Waals surface area contributed by atoms with Gasteiger partial charge >= 0.3 is 0 Å². The van der Waals surface area contributed by atoms with E-state index < -0.39 is 0 Å². The zero-order valence-corrected chi connectivity index (χ0v) is 11.0. The first-order valence-corrected chi connectivity index (χ1v) is 6.24. The third-order valence-corrected chi connectivity index (χ3v) is 5.88. The minimum Gasteiger partial charge on any atom is -0.126 e. The number of halogens is 1. The van der Waals surface area contributed by atoms with Crippen molar-refractivity contribution in [3.05, 3.63) is 0 Å². The number of alkyl halides is 1. The molecule has 0 nitrogen and oxygen atoms in total. The van der Waals surface area contributed by atoms with Crippen LogP contribution < -0.4 is 0 Å². The second kappa shape index (κ2) is 5.21. The zero-order valence-electron chi connectivity index (χ0n) is 8.28. The maximum Gasteiger partial charge on any atom is 0.0253 e. The highest BCUT2D eigenvalue weighted by atomic mass is 35.5. The van der Waals surface area contributed by atoms with Gasteiger partial charge in [0.2, 0.25) is 0 Å². The molecule has 1 unspecified atom stereocenters. The molecule has 0 aromatic carbocycles. The van der Waals surface area contributed by atoms with Crippen LogP contribution in [0.1, 0.15) is 40.0 Å². The van der Waals surface area contributed by atoms with Crippen molar-refractivity contribution in [2.75, 3.05) is 5.88 Å². The van der Waals surface area contributed by atoms with E-state index in [4.69, 9.17) is 11.6 Å². The molecule has 0 spiro atoms. The van der Waals surface area contributed by atoms with Crippen LogP contribution in [0.2, 0.25) is 5.04 Å². The first kappa shape index (κ1) is 11.5. The normalized spacial score (nSPS) is 15.3. The molecule has 0 aromatic heterocycles. The van der Waals surface area contributed by atoms with E-state index in [2.05, 4.69) is 20.8 Å². The maximum absolute atomic E-state index is 5.93. The van der Waals surface area contributed by atoms with Crippen molar-refractivity contribution < 1.29 is 0 Å². The molecule has 2 heteroatoms. The summed E-state index contributed by atoms with van der Waals surface area (Å²) in [5.41, 5.74) is 0. The Bertz CT molecular complexity index is 95.7. The minimum absolute atomic E-state index is 0.608. The van der Waals surface area contributed by atoms with Crippen LogP contribution in [-0.4, -0.2) is 16.1 Å². The highest BCUT2D eigenvalue weighted by molar-refractivity contribution is 6.20. The summed E-state index contributed by atoms with van der Waals surface area (Å²) in [5, 5.41) is 0.608. The second-order valence-corrected chi connectivity index (χ2v) is 5.92. The van der Waals surface area contributed by atoms with Gasteiger partial charge in [-0.1, -0.05) is 40.0 Å². The summed E-state index contributed by atoms with van der Waals surface area (Å²) in [5.74, 6) is 1.60. The van der Waals surface area contributed by atoms with Crippen LogP contribution in [0, 0.1) is 5.92 Å². The lowest BCUT2D eigenvalue weighted by atomic mass is 9.86. The molecule has 11 heavy (non-hydrogen) atoms. The van der Waals surface area contributed by atoms with Gasteiger partial charge in [0, 0.05) is 16.1 Å². The standard InChI is InChI=1S/C9H21ClSi/c1-4-8(7-10)9(11,5-2)6-3/h8H,4-7H2,1-3,11H3. The van der Waals surface area contributed by atoms with Gasteiger partial charge in [-0.25, -0.2) is 0 Å². The SMILES string of the molecule is CCC(CCl)C([SiH3])(CC)CC. The Balaban J connectivity index is 4.19. The van der Waals surface area contributed by atoms with Crippen LogP contribution in [0.15, 0.2) is 0 Å². The molecule has 1 atom stereocenters. The van der Waals surface area contributed by atoms with Gasteiger partial charge in [0.1, 0.15) is 0 Å². The molecule has 0 N–H and O–H groups in total. The van der Waals surface area contributed by atoms with Gasteiger partial charge in [0.15, 0.2) is 0 Å². The smallest absolute Gasteiger partial charge is 0.0253 e. The first-order chi connectivity index (χ1) is 5.14. The van der Waals surface area contributed by atoms with Crippen LogP contribution in [0.5, 0.6) is 0 Å². The zero-order chi connectivity index (χ0) is 8.91. The molecule has 0 aliphatic carbocycles. The largest absolute Gasteiger partial charge is 0.126 e. The fraction of sp³-hybridized carbons (Fsp3) is 1.00. The molecule has 0 radical (unpaired) electrons. The summed E-state index contributed by atoms with van der Waals surface area (Å²) in [6.45, 7) is 6.85. The van der Waals surface area contributed by atoms with Crippen molar-refractivity contribution in [2.45, 2.75) is 45.1 Å². The van der Waals surface area contributed by atoms with E-state index in [9.17, 15) is 0 Å². The lowest BCUT2D eigenvalue weighted by Gasteiger charge is -2.34. The van der Waals surface area contributed by atoms with E-state index in [1.807, 2.05) is 0 Å². The minimum atomic E-state index is 0.608. The fourth-order valence-corrected chi connectivity index (χ4v) is 3.08. The summed E-state index contributed by atoms with van der Waals surface area (Å²) in [7, 11) is 1.29. The van der Waals surface area contributed by atoms with Crippen LogP contribution >= 0.6 is 11.6 Å². The van der Waals surface area contributed by atoms with Gasteiger partial charge in [-0.15, -0.1) is 11.6 Å². The summed E-state index contributed by atoms with van der Waals surface area (Å²) in [6, 6.07) is 0. The lowest BCUT2D eigenvalue weighted by Crippen LogP contribution is -2.23. The molecule has 0 heterocycles. The molecule has 0 bridgehead atoms. The Morgan fingerprint density at radius 3 is 1.82 bits per heavy atom. The van der Waals surface area contributed by atoms with Crippen LogP contribution in [0.25, 0.3) is 0 Å². The Kier molecular flexibility index (Phi) is 5.45. The van der Waals surface area contributed by atoms with Gasteiger partial charge in [0.05, 0.1) is 0 Å². The van der Waals surface area contributed by atoms with Gasteiger partial charge in [-0.05, 0) is 11.0 Å². The van der Waals surface area contributed by atoms with Crippen LogP contribution in [0.4, 0.5) is 0 Å². The molecule has 68 valence electrons. The summed E-state index contributed by atoms with van der Waals surface area (Å²) in [6.07, 6.45) is 3.86. The Morgan fingerprint density at radius 2 is 1.73 bits per heavy atom. The molecule has 0 aromatic rings. The Labute approximate surface area is 79.1 Å². The van der Waals surface area contributed by atoms with Gasteiger partial charge in [-0.2, -0.15) is 0 Å². The number of hydrogen-bond donors (Lipinski definition) is 0. The van der Waals surface area contributed by atoms with Crippen molar-refractivity contribution in [1.82, 2.24) is 0 Å². The monoisotopic (exact) mass is 192 g/mol. The number of hydrogen-bond acceptors (Lipinski definition) is 0. The van der Waals surface area contributed by atoms with Crippen molar-refractivity contribution in [2.24, 2.45) is 5.92 Å². The van der Waals surface area contributed by atoms with E-state index in [0.29, 0.717) is 5.04 Å². The van der Waals surface area contributed by atoms with Gasteiger partial charge in [0.25, 0.3) is 0 Å². The molecule has 0 aliphatic heterocycles. The summed E-state index contributed by atoms with van der Waals surface area (Å²) in [4.78, 5) is 0. The predicted molar refractivity (Wildman–Crippen MR) is 57.7 cm³/mol. The van der Waals surface area contributed by atoms with E-state index in [1.54, 1.807) is 0 Å². The van der Waals surface area contributed by atoms with Crippen LogP contribution in [0.3, 0.4) is 0 Å². The third kappa shape index (κ3) is 2.79. The van der Waals surface area contributed by atoms with E-state index in [-0.39, 0.29) is 0 Å². The Morgan fingerprint density at radius 1 is 1.27 bits per heavy atom. The summed E-state index contributed by atoms with van der Waals surface area (Å²) < 4.78 is 0. The van der Waals surface area contributed by atoms with Crippen molar-refractivity contribution in [3.63, 3.8) is 0 Å². The average Bonchev–Trinajstić information content (AvgIpc) is 2.06. The molecular weight excluding hydrogens is 172 g/mol. The van der Waals surface area contributed by atoms with Crippen molar-refractivity contribution in [3.8, 4) is 0 Å².